The number of phenols is 1. The Hall–Kier alpha value is -0.890. The number of nitrogens with zero attached hydrogens (tertiary/aromatic N) is 1. The molecule has 1 fully saturated rings. The maximum atomic E-state index is 10.1. The van der Waals surface area contributed by atoms with Gasteiger partial charge in [-0.1, -0.05) is 18.5 Å². The van der Waals surface area contributed by atoms with E-state index < -0.39 is 0 Å². The van der Waals surface area contributed by atoms with Gasteiger partial charge < -0.3 is 10.0 Å². The van der Waals surface area contributed by atoms with Crippen molar-refractivity contribution >= 4 is 17.3 Å². The van der Waals surface area contributed by atoms with Crippen LogP contribution in [0.3, 0.4) is 0 Å². The predicted octanol–water partition coefficient (Wildman–Crippen LogP) is 3.98. The SMILES string of the molecule is CCCN(CC1CC1)c1cc(C)cc(Cl)c1O. The van der Waals surface area contributed by atoms with Crippen LogP contribution >= 0.6 is 11.6 Å². The van der Waals surface area contributed by atoms with Crippen LogP contribution < -0.4 is 4.90 Å². The van der Waals surface area contributed by atoms with E-state index in [1.807, 2.05) is 19.1 Å². The van der Waals surface area contributed by atoms with Gasteiger partial charge in [0.15, 0.2) is 5.75 Å². The van der Waals surface area contributed by atoms with Crippen molar-refractivity contribution in [1.82, 2.24) is 0 Å². The molecule has 1 saturated carbocycles. The summed E-state index contributed by atoms with van der Waals surface area (Å²) in [7, 11) is 0. The third-order valence-corrected chi connectivity index (χ3v) is 3.49. The Kier molecular flexibility index (Phi) is 3.82. The van der Waals surface area contributed by atoms with Crippen LogP contribution in [0.4, 0.5) is 5.69 Å². The second-order valence-electron chi connectivity index (χ2n) is 5.00. The second-order valence-corrected chi connectivity index (χ2v) is 5.41. The minimum atomic E-state index is 0.228. The van der Waals surface area contributed by atoms with E-state index in [0.29, 0.717) is 5.02 Å². The minimum Gasteiger partial charge on any atom is -0.504 e. The number of benzene rings is 1. The first-order valence-electron chi connectivity index (χ1n) is 6.36. The van der Waals surface area contributed by atoms with Crippen molar-refractivity contribution in [3.8, 4) is 5.75 Å². The molecule has 1 aromatic rings. The normalized spacial score (nSPS) is 15.0. The van der Waals surface area contributed by atoms with E-state index in [0.717, 1.165) is 36.7 Å². The molecule has 2 nitrogen and oxygen atoms in total. The van der Waals surface area contributed by atoms with Gasteiger partial charge in [0.05, 0.1) is 10.7 Å². The molecule has 1 aliphatic rings. The number of halogens is 1. The smallest absolute Gasteiger partial charge is 0.157 e. The van der Waals surface area contributed by atoms with Crippen molar-refractivity contribution in [2.24, 2.45) is 5.92 Å². The highest BCUT2D eigenvalue weighted by molar-refractivity contribution is 6.32. The maximum absolute atomic E-state index is 10.1. The van der Waals surface area contributed by atoms with Crippen LogP contribution in [0.1, 0.15) is 31.7 Å². The Morgan fingerprint density at radius 2 is 2.12 bits per heavy atom. The molecule has 1 aromatic carbocycles. The molecule has 17 heavy (non-hydrogen) atoms. The highest BCUT2D eigenvalue weighted by Crippen LogP contribution is 2.38. The topological polar surface area (TPSA) is 23.5 Å². The Morgan fingerprint density at radius 1 is 1.41 bits per heavy atom. The quantitative estimate of drug-likeness (QED) is 0.858. The van der Waals surface area contributed by atoms with Crippen LogP contribution in [-0.2, 0) is 0 Å². The summed E-state index contributed by atoms with van der Waals surface area (Å²) in [5.41, 5.74) is 1.99. The van der Waals surface area contributed by atoms with Gasteiger partial charge in [0.2, 0.25) is 0 Å². The second kappa shape index (κ2) is 5.18. The molecule has 1 N–H and O–H groups in total. The lowest BCUT2D eigenvalue weighted by molar-refractivity contribution is 0.473. The van der Waals surface area contributed by atoms with Crippen LogP contribution in [-0.4, -0.2) is 18.2 Å². The number of anilines is 1. The van der Waals surface area contributed by atoms with Crippen molar-refractivity contribution in [1.29, 1.82) is 0 Å². The molecule has 0 atom stereocenters. The minimum absolute atomic E-state index is 0.228. The Balaban J connectivity index is 2.26. The Labute approximate surface area is 108 Å². The van der Waals surface area contributed by atoms with Crippen LogP contribution in [0.5, 0.6) is 5.75 Å². The lowest BCUT2D eigenvalue weighted by Crippen LogP contribution is -2.26. The number of hydrogen-bond acceptors (Lipinski definition) is 2. The molecule has 0 heterocycles. The summed E-state index contributed by atoms with van der Waals surface area (Å²) in [6, 6.07) is 3.83. The maximum Gasteiger partial charge on any atom is 0.157 e. The van der Waals surface area contributed by atoms with E-state index in [4.69, 9.17) is 11.6 Å². The fraction of sp³-hybridized carbons (Fsp3) is 0.571. The highest BCUT2D eigenvalue weighted by atomic mass is 35.5. The average Bonchev–Trinajstić information content (AvgIpc) is 3.07. The molecule has 0 aromatic heterocycles. The van der Waals surface area contributed by atoms with Gasteiger partial charge in [0, 0.05) is 13.1 Å². The first-order chi connectivity index (χ1) is 8.11. The van der Waals surface area contributed by atoms with Crippen molar-refractivity contribution in [2.75, 3.05) is 18.0 Å². The molecule has 3 heteroatoms. The summed E-state index contributed by atoms with van der Waals surface area (Å²) in [6.07, 6.45) is 3.72. The van der Waals surface area contributed by atoms with Crippen molar-refractivity contribution in [3.63, 3.8) is 0 Å². The molecule has 0 radical (unpaired) electrons. The van der Waals surface area contributed by atoms with Gasteiger partial charge >= 0.3 is 0 Å². The fourth-order valence-corrected chi connectivity index (χ4v) is 2.42. The number of aryl methyl sites for hydroxylation is 1. The first-order valence-corrected chi connectivity index (χ1v) is 6.73. The van der Waals surface area contributed by atoms with E-state index in [1.54, 1.807) is 0 Å². The number of hydrogen-bond donors (Lipinski definition) is 1. The summed E-state index contributed by atoms with van der Waals surface area (Å²) >= 11 is 6.04. The third kappa shape index (κ3) is 3.06. The first kappa shape index (κ1) is 12.6. The van der Waals surface area contributed by atoms with Crippen LogP contribution in [0.25, 0.3) is 0 Å². The van der Waals surface area contributed by atoms with Crippen LogP contribution in [0.2, 0.25) is 5.02 Å². The fourth-order valence-electron chi connectivity index (χ4n) is 2.15. The molecule has 0 amide bonds. The third-order valence-electron chi connectivity index (χ3n) is 3.20. The molecule has 1 aliphatic carbocycles. The zero-order chi connectivity index (χ0) is 12.4. The summed E-state index contributed by atoms with van der Waals surface area (Å²) in [5.74, 6) is 1.03. The highest BCUT2D eigenvalue weighted by Gasteiger charge is 2.25. The molecule has 0 aliphatic heterocycles. The summed E-state index contributed by atoms with van der Waals surface area (Å²) in [5, 5.41) is 10.5. The van der Waals surface area contributed by atoms with Gasteiger partial charge in [-0.2, -0.15) is 0 Å². The monoisotopic (exact) mass is 253 g/mol. The van der Waals surface area contributed by atoms with Gasteiger partial charge in [0.25, 0.3) is 0 Å². The van der Waals surface area contributed by atoms with Gasteiger partial charge in [-0.3, -0.25) is 0 Å². The molecule has 2 rings (SSSR count). The number of phenolic OH excluding ortho intramolecular Hbond substituents is 1. The molecule has 94 valence electrons. The van der Waals surface area contributed by atoms with Crippen molar-refractivity contribution < 1.29 is 5.11 Å². The zero-order valence-electron chi connectivity index (χ0n) is 10.5. The summed E-state index contributed by atoms with van der Waals surface area (Å²) in [6.45, 7) is 6.19. The predicted molar refractivity (Wildman–Crippen MR) is 73.1 cm³/mol. The lowest BCUT2D eigenvalue weighted by atomic mass is 10.1. The summed E-state index contributed by atoms with van der Waals surface area (Å²) in [4.78, 5) is 2.27. The van der Waals surface area contributed by atoms with E-state index in [1.165, 1.54) is 12.8 Å². The van der Waals surface area contributed by atoms with E-state index in [2.05, 4.69) is 11.8 Å². The average molecular weight is 254 g/mol. The van der Waals surface area contributed by atoms with Crippen LogP contribution in [0, 0.1) is 12.8 Å². The van der Waals surface area contributed by atoms with Gasteiger partial charge in [-0.15, -0.1) is 0 Å². The molecule has 0 spiro atoms. The molecular formula is C14H20ClNO. The Bertz CT molecular complexity index is 401. The standard InChI is InChI=1S/C14H20ClNO/c1-3-6-16(9-11-4-5-11)13-8-10(2)7-12(15)14(13)17/h7-8,11,17H,3-6,9H2,1-2H3. The number of aromatic hydroxyl groups is 1. The molecule has 0 bridgehead atoms. The van der Waals surface area contributed by atoms with Gasteiger partial charge in [0.1, 0.15) is 0 Å². The Morgan fingerprint density at radius 3 is 2.71 bits per heavy atom. The van der Waals surface area contributed by atoms with Gasteiger partial charge in [-0.05, 0) is 49.8 Å². The van der Waals surface area contributed by atoms with E-state index in [9.17, 15) is 5.11 Å². The van der Waals surface area contributed by atoms with Crippen molar-refractivity contribution in [2.45, 2.75) is 33.1 Å². The van der Waals surface area contributed by atoms with Crippen molar-refractivity contribution in [3.05, 3.63) is 22.7 Å². The van der Waals surface area contributed by atoms with Gasteiger partial charge in [-0.25, -0.2) is 0 Å². The lowest BCUT2D eigenvalue weighted by Gasteiger charge is -2.26. The zero-order valence-corrected chi connectivity index (χ0v) is 11.3. The van der Waals surface area contributed by atoms with E-state index in [-0.39, 0.29) is 5.75 Å². The largest absolute Gasteiger partial charge is 0.504 e. The molecule has 0 unspecified atom stereocenters. The number of rotatable bonds is 5. The summed E-state index contributed by atoms with van der Waals surface area (Å²) < 4.78 is 0. The molecule has 0 saturated heterocycles. The van der Waals surface area contributed by atoms with Crippen LogP contribution in [0.15, 0.2) is 12.1 Å². The van der Waals surface area contributed by atoms with E-state index >= 15 is 0 Å². The molecular weight excluding hydrogens is 234 g/mol.